The lowest BCUT2D eigenvalue weighted by molar-refractivity contribution is 1.19. The van der Waals surface area contributed by atoms with Crippen LogP contribution in [-0.2, 0) is 0 Å². The largest absolute Gasteiger partial charge is 0.241 e. The van der Waals surface area contributed by atoms with Gasteiger partial charge in [0.2, 0.25) is 0 Å². The van der Waals surface area contributed by atoms with E-state index >= 15 is 0 Å². The lowest BCUT2D eigenvalue weighted by Crippen LogP contribution is -1.94. The van der Waals surface area contributed by atoms with Gasteiger partial charge in [-0.05, 0) is 69.9 Å². The summed E-state index contributed by atoms with van der Waals surface area (Å²) in [7, 11) is 0. The summed E-state index contributed by atoms with van der Waals surface area (Å²) in [6, 6.07) is 2.27. The topological polar surface area (TPSA) is 12.9 Å². The number of hydrogen-bond donors (Lipinski definition) is 0. The van der Waals surface area contributed by atoms with E-state index in [1.54, 1.807) is 11.3 Å². The van der Waals surface area contributed by atoms with Crippen LogP contribution in [0.4, 0.5) is 0 Å². The molecule has 17 heavy (non-hydrogen) atoms. The molecular weight excluding hydrogens is 226 g/mol. The minimum atomic E-state index is 1.15. The maximum absolute atomic E-state index is 4.67. The van der Waals surface area contributed by atoms with Gasteiger partial charge in [0.1, 0.15) is 5.01 Å². The van der Waals surface area contributed by atoms with Gasteiger partial charge in [-0.2, -0.15) is 0 Å². The van der Waals surface area contributed by atoms with Crippen LogP contribution in [0.25, 0.3) is 10.6 Å². The highest BCUT2D eigenvalue weighted by Gasteiger charge is 2.12. The molecule has 0 unspecified atom stereocenters. The summed E-state index contributed by atoms with van der Waals surface area (Å²) < 4.78 is 0. The molecule has 2 heteroatoms. The van der Waals surface area contributed by atoms with E-state index in [1.807, 2.05) is 0 Å². The zero-order chi connectivity index (χ0) is 12.7. The Morgan fingerprint density at radius 2 is 1.53 bits per heavy atom. The first-order valence-corrected chi connectivity index (χ1v) is 6.75. The predicted molar refractivity (Wildman–Crippen MR) is 76.0 cm³/mol. The fourth-order valence-corrected chi connectivity index (χ4v) is 3.01. The fraction of sp³-hybridized carbons (Fsp3) is 0.400. The molecular formula is C15H19NS. The standard InChI is InChI=1S/C15H19NS/c1-8-7-14(11(4)10(3)9(8)2)15-16-12(5)13(6)17-15/h7H,1-6H3. The van der Waals surface area contributed by atoms with Crippen molar-refractivity contribution in [1.82, 2.24) is 4.98 Å². The van der Waals surface area contributed by atoms with Gasteiger partial charge in [-0.3, -0.25) is 0 Å². The number of rotatable bonds is 1. The minimum absolute atomic E-state index is 1.15. The van der Waals surface area contributed by atoms with Crippen LogP contribution >= 0.6 is 11.3 Å². The Morgan fingerprint density at radius 3 is 2.06 bits per heavy atom. The predicted octanol–water partition coefficient (Wildman–Crippen LogP) is 4.66. The first-order valence-electron chi connectivity index (χ1n) is 5.93. The van der Waals surface area contributed by atoms with Crippen molar-refractivity contribution in [2.24, 2.45) is 0 Å². The summed E-state index contributed by atoms with van der Waals surface area (Å²) in [6.45, 7) is 13.0. The molecule has 0 amide bonds. The molecule has 0 fully saturated rings. The normalized spacial score (nSPS) is 10.9. The molecule has 2 rings (SSSR count). The van der Waals surface area contributed by atoms with Crippen LogP contribution in [0.5, 0.6) is 0 Å². The quantitative estimate of drug-likeness (QED) is 0.712. The van der Waals surface area contributed by atoms with Crippen molar-refractivity contribution < 1.29 is 0 Å². The highest BCUT2D eigenvalue weighted by atomic mass is 32.1. The molecule has 1 heterocycles. The summed E-state index contributed by atoms with van der Waals surface area (Å²) in [5.41, 5.74) is 7.96. The van der Waals surface area contributed by atoms with Gasteiger partial charge in [0.25, 0.3) is 0 Å². The molecule has 0 radical (unpaired) electrons. The van der Waals surface area contributed by atoms with Crippen molar-refractivity contribution >= 4 is 11.3 Å². The number of nitrogens with zero attached hydrogens (tertiary/aromatic N) is 1. The summed E-state index contributed by atoms with van der Waals surface area (Å²) in [6.07, 6.45) is 0. The molecule has 1 aromatic carbocycles. The lowest BCUT2D eigenvalue weighted by Gasteiger charge is -2.12. The Morgan fingerprint density at radius 1 is 0.882 bits per heavy atom. The molecule has 90 valence electrons. The van der Waals surface area contributed by atoms with E-state index in [1.165, 1.54) is 32.7 Å². The van der Waals surface area contributed by atoms with Crippen molar-refractivity contribution in [3.63, 3.8) is 0 Å². The summed E-state index contributed by atoms with van der Waals surface area (Å²) in [5, 5.41) is 1.16. The molecule has 1 nitrogen and oxygen atoms in total. The second-order valence-corrected chi connectivity index (χ2v) is 5.98. The van der Waals surface area contributed by atoms with E-state index in [4.69, 9.17) is 0 Å². The molecule has 2 aromatic rings. The van der Waals surface area contributed by atoms with Crippen LogP contribution in [0.1, 0.15) is 32.8 Å². The Hall–Kier alpha value is -1.15. The summed E-state index contributed by atoms with van der Waals surface area (Å²) in [5.74, 6) is 0. The van der Waals surface area contributed by atoms with Crippen molar-refractivity contribution in [2.45, 2.75) is 41.5 Å². The van der Waals surface area contributed by atoms with Crippen molar-refractivity contribution in [3.05, 3.63) is 38.9 Å². The number of thiazole rings is 1. The molecule has 0 saturated carbocycles. The molecule has 0 atom stereocenters. The second-order valence-electron chi connectivity index (χ2n) is 4.78. The maximum atomic E-state index is 4.67. The number of aryl methyl sites for hydroxylation is 3. The average molecular weight is 245 g/mol. The van der Waals surface area contributed by atoms with Gasteiger partial charge in [-0.1, -0.05) is 0 Å². The Balaban J connectivity index is 2.68. The van der Waals surface area contributed by atoms with Crippen LogP contribution in [0.15, 0.2) is 6.07 Å². The Bertz CT molecular complexity index is 560. The molecule has 0 aliphatic carbocycles. The van der Waals surface area contributed by atoms with Crippen LogP contribution in [0.2, 0.25) is 0 Å². The number of aromatic nitrogens is 1. The summed E-state index contributed by atoms with van der Waals surface area (Å²) in [4.78, 5) is 5.99. The molecule has 1 aromatic heterocycles. The molecule has 0 spiro atoms. The van der Waals surface area contributed by atoms with E-state index in [9.17, 15) is 0 Å². The highest BCUT2D eigenvalue weighted by Crippen LogP contribution is 2.33. The van der Waals surface area contributed by atoms with Crippen LogP contribution in [0, 0.1) is 41.5 Å². The molecule has 0 N–H and O–H groups in total. The maximum Gasteiger partial charge on any atom is 0.124 e. The lowest BCUT2D eigenvalue weighted by atomic mass is 9.95. The number of benzene rings is 1. The van der Waals surface area contributed by atoms with Gasteiger partial charge in [0.05, 0.1) is 5.69 Å². The van der Waals surface area contributed by atoms with Crippen molar-refractivity contribution in [3.8, 4) is 10.6 Å². The smallest absolute Gasteiger partial charge is 0.124 e. The molecule has 0 aliphatic heterocycles. The monoisotopic (exact) mass is 245 g/mol. The first kappa shape index (κ1) is 12.3. The van der Waals surface area contributed by atoms with Crippen LogP contribution in [0.3, 0.4) is 0 Å². The van der Waals surface area contributed by atoms with E-state index in [0.717, 1.165) is 10.7 Å². The molecule has 0 aliphatic rings. The van der Waals surface area contributed by atoms with Crippen LogP contribution < -0.4 is 0 Å². The zero-order valence-electron chi connectivity index (χ0n) is 11.4. The van der Waals surface area contributed by atoms with Crippen molar-refractivity contribution in [1.29, 1.82) is 0 Å². The third-order valence-corrected chi connectivity index (χ3v) is 4.85. The van der Waals surface area contributed by atoms with Gasteiger partial charge in [-0.25, -0.2) is 4.98 Å². The second kappa shape index (κ2) is 4.26. The Labute approximate surface area is 108 Å². The molecule has 0 saturated heterocycles. The first-order chi connectivity index (χ1) is 7.91. The van der Waals surface area contributed by atoms with E-state index in [-0.39, 0.29) is 0 Å². The van der Waals surface area contributed by atoms with Crippen molar-refractivity contribution in [2.75, 3.05) is 0 Å². The summed E-state index contributed by atoms with van der Waals surface area (Å²) >= 11 is 1.79. The zero-order valence-corrected chi connectivity index (χ0v) is 12.2. The van der Waals surface area contributed by atoms with Gasteiger partial charge in [-0.15, -0.1) is 11.3 Å². The molecule has 0 bridgehead atoms. The van der Waals surface area contributed by atoms with Gasteiger partial charge >= 0.3 is 0 Å². The Kier molecular flexibility index (Phi) is 3.09. The van der Waals surface area contributed by atoms with Gasteiger partial charge in [0, 0.05) is 10.4 Å². The third-order valence-electron chi connectivity index (χ3n) is 3.74. The van der Waals surface area contributed by atoms with Gasteiger partial charge < -0.3 is 0 Å². The average Bonchev–Trinajstić information content (AvgIpc) is 2.61. The van der Waals surface area contributed by atoms with Crippen LogP contribution in [-0.4, -0.2) is 4.98 Å². The highest BCUT2D eigenvalue weighted by molar-refractivity contribution is 7.15. The van der Waals surface area contributed by atoms with E-state index in [2.05, 4.69) is 52.6 Å². The SMILES string of the molecule is Cc1cc(-c2nc(C)c(C)s2)c(C)c(C)c1C. The fourth-order valence-electron chi connectivity index (χ4n) is 2.02. The van der Waals surface area contributed by atoms with E-state index < -0.39 is 0 Å². The van der Waals surface area contributed by atoms with E-state index in [0.29, 0.717) is 0 Å². The number of hydrogen-bond acceptors (Lipinski definition) is 2. The third kappa shape index (κ3) is 2.02. The minimum Gasteiger partial charge on any atom is -0.241 e. The van der Waals surface area contributed by atoms with Gasteiger partial charge in [0.15, 0.2) is 0 Å².